The minimum atomic E-state index is -1.89. The van der Waals surface area contributed by atoms with Crippen LogP contribution < -0.4 is 10.2 Å². The second kappa shape index (κ2) is 11.9. The van der Waals surface area contributed by atoms with Gasteiger partial charge in [0.15, 0.2) is 23.5 Å². The molecule has 8 atom stereocenters. The maximum absolute atomic E-state index is 13.6. The van der Waals surface area contributed by atoms with Gasteiger partial charge in [0.2, 0.25) is 17.5 Å². The third-order valence-electron chi connectivity index (χ3n) is 7.14. The lowest BCUT2D eigenvalue weighted by Crippen LogP contribution is -2.60. The Hall–Kier alpha value is -3.67. The molecule has 42 heavy (non-hydrogen) atoms. The van der Waals surface area contributed by atoms with Gasteiger partial charge >= 0.3 is 0 Å². The number of aromatic hydroxyl groups is 4. The fourth-order valence-corrected chi connectivity index (χ4v) is 4.88. The van der Waals surface area contributed by atoms with Crippen molar-refractivity contribution in [3.05, 3.63) is 40.6 Å². The maximum Gasteiger partial charge on any atom is 0.239 e. The highest BCUT2D eigenvalue weighted by Gasteiger charge is 2.47. The van der Waals surface area contributed by atoms with Crippen LogP contribution >= 0.6 is 0 Å². The van der Waals surface area contributed by atoms with E-state index < -0.39 is 88.8 Å². The molecule has 3 heterocycles. The minimum Gasteiger partial charge on any atom is -0.508 e. The molecule has 228 valence electrons. The molecule has 0 spiro atoms. The zero-order valence-corrected chi connectivity index (χ0v) is 22.1. The summed E-state index contributed by atoms with van der Waals surface area (Å²) in [4.78, 5) is 13.6. The van der Waals surface area contributed by atoms with Crippen LogP contribution in [0.4, 0.5) is 0 Å². The number of hydrogen-bond donors (Lipinski definition) is 8. The van der Waals surface area contributed by atoms with E-state index in [1.54, 1.807) is 0 Å². The summed E-state index contributed by atoms with van der Waals surface area (Å²) in [5.74, 6) is -3.10. The molecule has 15 heteroatoms. The number of aliphatic hydroxyl groups excluding tert-OH is 4. The molecule has 2 aromatic carbocycles. The van der Waals surface area contributed by atoms with Gasteiger partial charge in [0.05, 0.1) is 19.3 Å². The van der Waals surface area contributed by atoms with Gasteiger partial charge in [-0.1, -0.05) is 0 Å². The number of hydrogen-bond acceptors (Lipinski definition) is 15. The Labute approximate surface area is 236 Å². The first-order valence-corrected chi connectivity index (χ1v) is 12.8. The highest BCUT2D eigenvalue weighted by Crippen LogP contribution is 2.39. The van der Waals surface area contributed by atoms with Crippen molar-refractivity contribution in [2.45, 2.75) is 55.6 Å². The van der Waals surface area contributed by atoms with Crippen molar-refractivity contribution < 1.29 is 69.0 Å². The van der Waals surface area contributed by atoms with Crippen LogP contribution in [0.25, 0.3) is 22.3 Å². The van der Waals surface area contributed by atoms with Gasteiger partial charge in [0.1, 0.15) is 53.0 Å². The molecule has 0 radical (unpaired) electrons. The molecular weight excluding hydrogens is 564 g/mol. The third kappa shape index (κ3) is 5.56. The molecule has 0 bridgehead atoms. The van der Waals surface area contributed by atoms with Crippen LogP contribution in [0.1, 0.15) is 6.42 Å². The smallest absolute Gasteiger partial charge is 0.239 e. The van der Waals surface area contributed by atoms with Gasteiger partial charge in [-0.2, -0.15) is 0 Å². The van der Waals surface area contributed by atoms with Crippen molar-refractivity contribution in [3.63, 3.8) is 0 Å². The summed E-state index contributed by atoms with van der Waals surface area (Å²) in [5.41, 5.74) is -1.22. The van der Waals surface area contributed by atoms with Gasteiger partial charge in [-0.15, -0.1) is 0 Å². The van der Waals surface area contributed by atoms with Crippen molar-refractivity contribution in [2.24, 2.45) is 0 Å². The molecule has 0 aliphatic carbocycles. The van der Waals surface area contributed by atoms with Gasteiger partial charge < -0.3 is 69.0 Å². The average molecular weight is 595 g/mol. The molecule has 15 nitrogen and oxygen atoms in total. The summed E-state index contributed by atoms with van der Waals surface area (Å²) in [6.07, 6.45) is -10.2. The molecule has 8 N–H and O–H groups in total. The first-order valence-electron chi connectivity index (χ1n) is 12.8. The molecule has 3 aromatic rings. The lowest BCUT2D eigenvalue weighted by molar-refractivity contribution is -0.282. The van der Waals surface area contributed by atoms with Crippen LogP contribution in [-0.2, 0) is 18.9 Å². The van der Waals surface area contributed by atoms with E-state index in [0.717, 1.165) is 24.3 Å². The van der Waals surface area contributed by atoms with Gasteiger partial charge in [0.25, 0.3) is 0 Å². The van der Waals surface area contributed by atoms with Crippen molar-refractivity contribution >= 4 is 11.0 Å². The molecule has 2 saturated heterocycles. The Bertz CT molecular complexity index is 1490. The molecule has 1 aromatic heterocycles. The van der Waals surface area contributed by atoms with E-state index >= 15 is 0 Å². The topological polar surface area (TPSA) is 238 Å². The summed E-state index contributed by atoms with van der Waals surface area (Å²) in [5, 5.41) is 81.1. The molecule has 2 aliphatic rings. The SMILES string of the molecule is CO[C@H]1C[C@@H](OC[C@H]2O[C@@H](Oc3c(-c4ccc(O)c(O)c4)oc4cc(O)cc(O)c4c3=O)[C@H](O)[C@@H](O)[C@@H]2O)[C@@H](CO)O1. The van der Waals surface area contributed by atoms with Gasteiger partial charge in [-0.3, -0.25) is 4.79 Å². The van der Waals surface area contributed by atoms with Crippen molar-refractivity contribution in [3.8, 4) is 40.1 Å². The molecule has 2 fully saturated rings. The third-order valence-corrected chi connectivity index (χ3v) is 7.14. The number of ether oxygens (including phenoxy) is 5. The number of aliphatic hydroxyl groups is 4. The molecule has 5 rings (SSSR count). The van der Waals surface area contributed by atoms with Gasteiger partial charge in [-0.25, -0.2) is 0 Å². The Morgan fingerprint density at radius 3 is 2.36 bits per heavy atom. The predicted octanol–water partition coefficient (Wildman–Crippen LogP) is -0.392. The van der Waals surface area contributed by atoms with E-state index in [4.69, 9.17) is 28.1 Å². The summed E-state index contributed by atoms with van der Waals surface area (Å²) >= 11 is 0. The second-order valence-electron chi connectivity index (χ2n) is 9.89. The molecule has 0 saturated carbocycles. The maximum atomic E-state index is 13.6. The largest absolute Gasteiger partial charge is 0.508 e. The van der Waals surface area contributed by atoms with E-state index in [1.165, 1.54) is 13.2 Å². The zero-order valence-electron chi connectivity index (χ0n) is 22.1. The minimum absolute atomic E-state index is 0.0110. The van der Waals surface area contributed by atoms with Gasteiger partial charge in [-0.05, 0) is 18.2 Å². The monoisotopic (exact) mass is 594 g/mol. The fourth-order valence-electron chi connectivity index (χ4n) is 4.88. The molecule has 2 aliphatic heterocycles. The van der Waals surface area contributed by atoms with Crippen molar-refractivity contribution in [2.75, 3.05) is 20.3 Å². The van der Waals surface area contributed by atoms with Crippen LogP contribution in [-0.4, -0.2) is 110 Å². The van der Waals surface area contributed by atoms with E-state index in [-0.39, 0.29) is 36.5 Å². The lowest BCUT2D eigenvalue weighted by atomic mass is 9.99. The number of fused-ring (bicyclic) bond motifs is 1. The predicted molar refractivity (Wildman–Crippen MR) is 139 cm³/mol. The summed E-state index contributed by atoms with van der Waals surface area (Å²) in [7, 11) is 1.43. The number of benzene rings is 2. The van der Waals surface area contributed by atoms with E-state index in [9.17, 15) is 45.6 Å². The molecule has 0 amide bonds. The second-order valence-corrected chi connectivity index (χ2v) is 9.89. The van der Waals surface area contributed by atoms with Crippen LogP contribution in [0, 0.1) is 0 Å². The normalized spacial score (nSPS) is 29.6. The van der Waals surface area contributed by atoms with E-state index in [2.05, 4.69) is 0 Å². The van der Waals surface area contributed by atoms with Crippen LogP contribution in [0.2, 0.25) is 0 Å². The first-order chi connectivity index (χ1) is 20.0. The van der Waals surface area contributed by atoms with Gasteiger partial charge in [0, 0.05) is 31.2 Å². The Kier molecular flexibility index (Phi) is 8.45. The van der Waals surface area contributed by atoms with E-state index in [0.29, 0.717) is 0 Å². The summed E-state index contributed by atoms with van der Waals surface area (Å²) in [6, 6.07) is 5.39. The standard InChI is InChI=1S/C27H30O15/c1-37-19-7-15(17(8-28)39-19)38-9-18-21(33)23(35)24(36)27(41-18)42-26-22(34)20-14(32)5-11(29)6-16(20)40-25(26)10-2-3-12(30)13(31)4-10/h2-6,15,17-19,21,23-24,27-33,35-36H,7-9H2,1H3/t15-,17-,18-,19-,21-,23+,24-,27+/m1/s1. The van der Waals surface area contributed by atoms with Crippen molar-refractivity contribution in [1.82, 2.24) is 0 Å². The number of methoxy groups -OCH3 is 1. The van der Waals surface area contributed by atoms with E-state index in [1.807, 2.05) is 0 Å². The van der Waals surface area contributed by atoms with Crippen molar-refractivity contribution in [1.29, 1.82) is 0 Å². The Morgan fingerprint density at radius 2 is 1.67 bits per heavy atom. The Balaban J connectivity index is 1.48. The molecular formula is C27H30O15. The highest BCUT2D eigenvalue weighted by atomic mass is 16.7. The van der Waals surface area contributed by atoms with Crippen LogP contribution in [0.15, 0.2) is 39.5 Å². The number of phenolic OH excluding ortho intramolecular Hbond substituents is 4. The first kappa shape index (κ1) is 29.8. The highest BCUT2D eigenvalue weighted by molar-refractivity contribution is 5.88. The quantitative estimate of drug-likeness (QED) is 0.155. The average Bonchev–Trinajstić information content (AvgIpc) is 3.37. The Morgan fingerprint density at radius 1 is 0.905 bits per heavy atom. The van der Waals surface area contributed by atoms with Crippen LogP contribution in [0.5, 0.6) is 28.7 Å². The lowest BCUT2D eigenvalue weighted by Gasteiger charge is -2.40. The number of rotatable bonds is 8. The fraction of sp³-hybridized carbons (Fsp3) is 0.444. The summed E-state index contributed by atoms with van der Waals surface area (Å²) in [6.45, 7) is -0.722. The van der Waals surface area contributed by atoms with Crippen LogP contribution in [0.3, 0.4) is 0 Å². The molecule has 0 unspecified atom stereocenters. The number of phenols is 4. The zero-order chi connectivity index (χ0) is 30.3. The summed E-state index contributed by atoms with van der Waals surface area (Å²) < 4.78 is 33.6.